The molecular weight excluding hydrogens is 427 g/mol. The Hall–Kier alpha value is -2.08. The Labute approximate surface area is 163 Å². The number of halogens is 4. The summed E-state index contributed by atoms with van der Waals surface area (Å²) in [6.07, 6.45) is -1.96. The van der Waals surface area contributed by atoms with Crippen molar-refractivity contribution in [3.05, 3.63) is 22.5 Å². The summed E-state index contributed by atoms with van der Waals surface area (Å²) in [5.74, 6) is -2.09. The van der Waals surface area contributed by atoms with Crippen LogP contribution in [0.5, 0.6) is 0 Å². The van der Waals surface area contributed by atoms with Crippen molar-refractivity contribution in [2.24, 2.45) is 0 Å². The second-order valence-corrected chi connectivity index (χ2v) is 8.71. The minimum atomic E-state index is -4.56. The summed E-state index contributed by atoms with van der Waals surface area (Å²) < 4.78 is 65.1. The van der Waals surface area contributed by atoms with E-state index in [-0.39, 0.29) is 16.7 Å². The van der Waals surface area contributed by atoms with Gasteiger partial charge in [-0.25, -0.2) is 17.9 Å². The van der Waals surface area contributed by atoms with Crippen LogP contribution in [0.4, 0.5) is 13.2 Å². The van der Waals surface area contributed by atoms with Crippen molar-refractivity contribution in [2.75, 3.05) is 24.7 Å². The molecule has 1 saturated heterocycles. The Morgan fingerprint density at radius 3 is 2.68 bits per heavy atom. The number of hydrogen-bond donors (Lipinski definition) is 1. The molecule has 0 bridgehead atoms. The van der Waals surface area contributed by atoms with E-state index in [0.717, 1.165) is 6.08 Å². The van der Waals surface area contributed by atoms with E-state index in [9.17, 15) is 31.2 Å². The fourth-order valence-electron chi connectivity index (χ4n) is 2.52. The van der Waals surface area contributed by atoms with Crippen LogP contribution >= 0.6 is 11.6 Å². The average Bonchev–Trinajstić information content (AvgIpc) is 3.07. The van der Waals surface area contributed by atoms with E-state index in [1.165, 1.54) is 10.8 Å². The van der Waals surface area contributed by atoms with Crippen LogP contribution in [0.1, 0.15) is 23.7 Å². The van der Waals surface area contributed by atoms with E-state index in [4.69, 9.17) is 11.6 Å². The van der Waals surface area contributed by atoms with Gasteiger partial charge in [-0.1, -0.05) is 11.6 Å². The highest BCUT2D eigenvalue weighted by Gasteiger charge is 2.32. The lowest BCUT2D eigenvalue weighted by Gasteiger charge is -2.09. The number of aryl methyl sites for hydroxylation is 1. The van der Waals surface area contributed by atoms with Crippen LogP contribution in [0.3, 0.4) is 0 Å². The summed E-state index contributed by atoms with van der Waals surface area (Å²) in [4.78, 5) is 22.8. The maximum atomic E-state index is 12.0. The largest absolute Gasteiger partial charge is 0.452 e. The van der Waals surface area contributed by atoms with Gasteiger partial charge in [-0.15, -0.1) is 0 Å². The molecule has 156 valence electrons. The SMILES string of the molecule is Cc1nn(C2CCS(=O)(=O)C2)c(Cl)c1C=CC(=O)OCC(=O)NCC(F)(F)F. The van der Waals surface area contributed by atoms with E-state index in [1.54, 1.807) is 12.2 Å². The molecule has 8 nitrogen and oxygen atoms in total. The lowest BCUT2D eigenvalue weighted by atomic mass is 10.2. The minimum Gasteiger partial charge on any atom is -0.452 e. The normalized spacial score (nSPS) is 19.1. The van der Waals surface area contributed by atoms with Gasteiger partial charge in [0.1, 0.15) is 11.7 Å². The first-order chi connectivity index (χ1) is 12.9. The van der Waals surface area contributed by atoms with Gasteiger partial charge in [-0.3, -0.25) is 4.79 Å². The summed E-state index contributed by atoms with van der Waals surface area (Å²) in [5.41, 5.74) is 0.811. The van der Waals surface area contributed by atoms with E-state index < -0.39 is 47.1 Å². The van der Waals surface area contributed by atoms with Gasteiger partial charge in [0.25, 0.3) is 5.91 Å². The molecule has 13 heteroatoms. The number of nitrogens with one attached hydrogen (secondary N) is 1. The van der Waals surface area contributed by atoms with Crippen molar-refractivity contribution >= 4 is 39.4 Å². The van der Waals surface area contributed by atoms with Gasteiger partial charge in [0, 0.05) is 11.6 Å². The highest BCUT2D eigenvalue weighted by molar-refractivity contribution is 7.91. The molecule has 0 aromatic carbocycles. The van der Waals surface area contributed by atoms with Crippen LogP contribution < -0.4 is 5.32 Å². The highest BCUT2D eigenvalue weighted by atomic mass is 35.5. The first kappa shape index (κ1) is 22.2. The van der Waals surface area contributed by atoms with Gasteiger partial charge >= 0.3 is 12.1 Å². The summed E-state index contributed by atoms with van der Waals surface area (Å²) in [5, 5.41) is 5.91. The number of esters is 1. The zero-order chi connectivity index (χ0) is 21.1. The summed E-state index contributed by atoms with van der Waals surface area (Å²) in [6.45, 7) is -0.781. The summed E-state index contributed by atoms with van der Waals surface area (Å²) in [6, 6.07) is -0.400. The fraction of sp³-hybridized carbons (Fsp3) is 0.533. The standard InChI is InChI=1S/C15H17ClF3N3O5S/c1-9-11(14(16)22(21-9)10-4-5-28(25,26)7-10)2-3-13(24)27-6-12(23)20-8-15(17,18)19/h2-3,10H,4-8H2,1H3,(H,20,23). The van der Waals surface area contributed by atoms with Gasteiger partial charge in [-0.05, 0) is 19.4 Å². The first-order valence-corrected chi connectivity index (χ1v) is 10.2. The van der Waals surface area contributed by atoms with Crippen molar-refractivity contribution in [3.63, 3.8) is 0 Å². The predicted octanol–water partition coefficient (Wildman–Crippen LogP) is 1.44. The number of aromatic nitrogens is 2. The molecule has 1 aromatic rings. The number of carbonyl (C=O) groups excluding carboxylic acids is 2. The molecule has 1 atom stereocenters. The second kappa shape index (κ2) is 8.52. The van der Waals surface area contributed by atoms with Crippen LogP contribution in [0.15, 0.2) is 6.08 Å². The smallest absolute Gasteiger partial charge is 0.405 e. The number of hydrogen-bond acceptors (Lipinski definition) is 6. The molecule has 1 aromatic heterocycles. The van der Waals surface area contributed by atoms with Crippen molar-refractivity contribution < 1.29 is 35.9 Å². The lowest BCUT2D eigenvalue weighted by molar-refractivity contribution is -0.148. The fourth-order valence-corrected chi connectivity index (χ4v) is 4.59. The van der Waals surface area contributed by atoms with Crippen molar-refractivity contribution in [2.45, 2.75) is 25.6 Å². The van der Waals surface area contributed by atoms with Gasteiger partial charge in [0.15, 0.2) is 16.4 Å². The van der Waals surface area contributed by atoms with Crippen LogP contribution in [0.25, 0.3) is 6.08 Å². The summed E-state index contributed by atoms with van der Waals surface area (Å²) in [7, 11) is -3.14. The molecule has 0 radical (unpaired) electrons. The van der Waals surface area contributed by atoms with E-state index in [1.807, 2.05) is 0 Å². The monoisotopic (exact) mass is 443 g/mol. The number of ether oxygens (including phenoxy) is 1. The third-order valence-corrected chi connectivity index (χ3v) is 5.97. The first-order valence-electron chi connectivity index (χ1n) is 8.01. The predicted molar refractivity (Wildman–Crippen MR) is 93.3 cm³/mol. The zero-order valence-corrected chi connectivity index (χ0v) is 16.2. The molecule has 0 aliphatic carbocycles. The molecule has 1 amide bonds. The third-order valence-electron chi connectivity index (χ3n) is 3.84. The molecule has 1 unspecified atom stereocenters. The van der Waals surface area contributed by atoms with Gasteiger partial charge < -0.3 is 10.1 Å². The average molecular weight is 444 g/mol. The van der Waals surface area contributed by atoms with Crippen molar-refractivity contribution in [1.82, 2.24) is 15.1 Å². The Balaban J connectivity index is 1.95. The Bertz CT molecular complexity index is 895. The Morgan fingerprint density at radius 1 is 1.43 bits per heavy atom. The second-order valence-electron chi connectivity index (χ2n) is 6.12. The van der Waals surface area contributed by atoms with Gasteiger partial charge in [0.2, 0.25) is 0 Å². The minimum absolute atomic E-state index is 0.0425. The maximum Gasteiger partial charge on any atom is 0.405 e. The van der Waals surface area contributed by atoms with E-state index >= 15 is 0 Å². The van der Waals surface area contributed by atoms with E-state index in [0.29, 0.717) is 17.7 Å². The topological polar surface area (TPSA) is 107 Å². The van der Waals surface area contributed by atoms with Gasteiger partial charge in [-0.2, -0.15) is 18.3 Å². The molecule has 1 N–H and O–H groups in total. The van der Waals surface area contributed by atoms with Crippen molar-refractivity contribution in [1.29, 1.82) is 0 Å². The number of nitrogens with zero attached hydrogens (tertiary/aromatic N) is 2. The van der Waals surface area contributed by atoms with Gasteiger partial charge in [0.05, 0.1) is 23.2 Å². The van der Waals surface area contributed by atoms with E-state index in [2.05, 4.69) is 9.84 Å². The zero-order valence-electron chi connectivity index (χ0n) is 14.6. The molecule has 1 fully saturated rings. The quantitative estimate of drug-likeness (QED) is 0.526. The van der Waals surface area contributed by atoms with Crippen molar-refractivity contribution in [3.8, 4) is 0 Å². The lowest BCUT2D eigenvalue weighted by Crippen LogP contribution is -2.36. The van der Waals surface area contributed by atoms with Crippen LogP contribution in [-0.2, 0) is 24.2 Å². The number of rotatable bonds is 6. The molecule has 2 heterocycles. The van der Waals surface area contributed by atoms with Crippen LogP contribution in [-0.4, -0.2) is 60.9 Å². The number of sulfone groups is 1. The van der Waals surface area contributed by atoms with Crippen LogP contribution in [0.2, 0.25) is 5.15 Å². The maximum absolute atomic E-state index is 12.0. The van der Waals surface area contributed by atoms with Crippen LogP contribution in [0, 0.1) is 6.92 Å². The molecule has 2 rings (SSSR count). The number of amides is 1. The Kier molecular flexibility index (Phi) is 6.75. The Morgan fingerprint density at radius 2 is 2.11 bits per heavy atom. The summed E-state index contributed by atoms with van der Waals surface area (Å²) >= 11 is 6.23. The third kappa shape index (κ3) is 6.23. The molecule has 1 aliphatic rings. The number of carbonyl (C=O) groups is 2. The molecule has 28 heavy (non-hydrogen) atoms. The number of alkyl halides is 3. The molecule has 0 spiro atoms. The molecule has 1 aliphatic heterocycles. The highest BCUT2D eigenvalue weighted by Crippen LogP contribution is 2.30. The molecule has 0 saturated carbocycles. The molecular formula is C15H17ClF3N3O5S.